The largest absolute Gasteiger partial charge is 0.488 e. The first-order chi connectivity index (χ1) is 20.9. The molecule has 0 saturated heterocycles. The van der Waals surface area contributed by atoms with Crippen molar-refractivity contribution < 1.29 is 23.7 Å². The number of fused-ring (bicyclic) bond motifs is 2. The van der Waals surface area contributed by atoms with Gasteiger partial charge in [0.15, 0.2) is 16.3 Å². The number of ether oxygens (including phenoxy) is 4. The third-order valence-electron chi connectivity index (χ3n) is 6.97. The lowest BCUT2D eigenvalue weighted by atomic mass is 9.95. The Morgan fingerprint density at radius 1 is 1.16 bits per heavy atom. The van der Waals surface area contributed by atoms with E-state index in [0.717, 1.165) is 5.56 Å². The van der Waals surface area contributed by atoms with E-state index in [-0.39, 0.29) is 31.1 Å². The molecule has 1 aromatic heterocycles. The van der Waals surface area contributed by atoms with Gasteiger partial charge in [0.2, 0.25) is 6.79 Å². The van der Waals surface area contributed by atoms with E-state index in [1.807, 2.05) is 12.1 Å². The maximum atomic E-state index is 14.1. The number of benzene rings is 3. The third-order valence-corrected chi connectivity index (χ3v) is 8.18. The van der Waals surface area contributed by atoms with Gasteiger partial charge in [-0.1, -0.05) is 41.1 Å². The maximum Gasteiger partial charge on any atom is 0.338 e. The molecule has 1 atom stereocenters. The van der Waals surface area contributed by atoms with E-state index in [2.05, 4.69) is 11.1 Å². The molecule has 11 heteroatoms. The van der Waals surface area contributed by atoms with Gasteiger partial charge in [0.05, 0.1) is 40.1 Å². The zero-order chi connectivity index (χ0) is 30.1. The summed E-state index contributed by atoms with van der Waals surface area (Å²) >= 11 is 7.54. The fraction of sp³-hybridized carbons (Fsp3) is 0.188. The van der Waals surface area contributed by atoms with E-state index < -0.39 is 12.0 Å². The molecule has 9 nitrogen and oxygen atoms in total. The zero-order valence-corrected chi connectivity index (χ0v) is 24.7. The summed E-state index contributed by atoms with van der Waals surface area (Å²) in [6.07, 6.45) is 1.71. The lowest BCUT2D eigenvalue weighted by Gasteiger charge is -2.24. The molecular weight excluding hydrogens is 590 g/mol. The molecule has 0 bridgehead atoms. The molecule has 6 rings (SSSR count). The van der Waals surface area contributed by atoms with Gasteiger partial charge in [-0.05, 0) is 73.5 Å². The molecule has 0 spiro atoms. The van der Waals surface area contributed by atoms with Crippen LogP contribution >= 0.6 is 22.9 Å². The number of allylic oxidation sites excluding steroid dienone is 1. The number of nitriles is 1. The second kappa shape index (κ2) is 11.8. The summed E-state index contributed by atoms with van der Waals surface area (Å²) in [7, 11) is 0. The van der Waals surface area contributed by atoms with E-state index in [9.17, 15) is 9.59 Å². The number of carbonyl (C=O) groups is 1. The van der Waals surface area contributed by atoms with Crippen molar-refractivity contribution in [1.82, 2.24) is 4.57 Å². The average Bonchev–Trinajstić information content (AvgIpc) is 3.60. The van der Waals surface area contributed by atoms with Crippen LogP contribution in [-0.2, 0) is 16.1 Å². The minimum absolute atomic E-state index is 0.0936. The number of carbonyl (C=O) groups excluding carboxylic acids is 1. The summed E-state index contributed by atoms with van der Waals surface area (Å²) in [4.78, 5) is 32.3. The SMILES string of the molecule is CCOC(=O)C1=C(C)N=c2s/c(=C/c3cc(Cl)ccc3OCc3ccc(C#N)cc3)c(=O)n2[C@@H]1c1ccc2c(c1)OCO2. The van der Waals surface area contributed by atoms with E-state index in [4.69, 9.17) is 35.8 Å². The molecule has 0 amide bonds. The Balaban J connectivity index is 1.44. The lowest BCUT2D eigenvalue weighted by Crippen LogP contribution is -2.39. The van der Waals surface area contributed by atoms with Crippen molar-refractivity contribution >= 4 is 35.0 Å². The predicted molar refractivity (Wildman–Crippen MR) is 160 cm³/mol. The first-order valence-corrected chi connectivity index (χ1v) is 14.6. The summed E-state index contributed by atoms with van der Waals surface area (Å²) in [5.41, 5.74) is 3.10. The van der Waals surface area contributed by atoms with Crippen molar-refractivity contribution in [3.05, 3.63) is 119 Å². The number of hydrogen-bond acceptors (Lipinski definition) is 9. The van der Waals surface area contributed by atoms with Gasteiger partial charge in [0.1, 0.15) is 12.4 Å². The molecule has 0 unspecified atom stereocenters. The molecule has 43 heavy (non-hydrogen) atoms. The molecule has 2 aliphatic rings. The van der Waals surface area contributed by atoms with Crippen LogP contribution in [0.2, 0.25) is 5.02 Å². The number of aromatic nitrogens is 1. The number of hydrogen-bond donors (Lipinski definition) is 0. The highest BCUT2D eigenvalue weighted by molar-refractivity contribution is 7.07. The van der Waals surface area contributed by atoms with Crippen molar-refractivity contribution in [2.24, 2.45) is 4.99 Å². The van der Waals surface area contributed by atoms with Gasteiger partial charge in [-0.3, -0.25) is 9.36 Å². The third kappa shape index (κ3) is 5.52. The van der Waals surface area contributed by atoms with Crippen LogP contribution in [0.1, 0.15) is 42.1 Å². The molecule has 2 aliphatic heterocycles. The molecule has 4 aromatic rings. The van der Waals surface area contributed by atoms with Gasteiger partial charge < -0.3 is 18.9 Å². The Bertz CT molecular complexity index is 2010. The van der Waals surface area contributed by atoms with Crippen molar-refractivity contribution in [3.63, 3.8) is 0 Å². The first-order valence-electron chi connectivity index (χ1n) is 13.4. The number of rotatable bonds is 7. The second-order valence-corrected chi connectivity index (χ2v) is 11.1. The minimum atomic E-state index is -0.793. The van der Waals surface area contributed by atoms with Gasteiger partial charge >= 0.3 is 5.97 Å². The highest BCUT2D eigenvalue weighted by Crippen LogP contribution is 2.38. The van der Waals surface area contributed by atoms with E-state index in [0.29, 0.717) is 54.0 Å². The van der Waals surface area contributed by atoms with Crippen LogP contribution in [0.4, 0.5) is 0 Å². The van der Waals surface area contributed by atoms with Crippen molar-refractivity contribution in [1.29, 1.82) is 5.26 Å². The molecule has 0 N–H and O–H groups in total. The van der Waals surface area contributed by atoms with Gasteiger partial charge in [0.25, 0.3) is 5.56 Å². The maximum absolute atomic E-state index is 14.1. The number of esters is 1. The molecule has 216 valence electrons. The topological polar surface area (TPSA) is 112 Å². The Hall–Kier alpha value is -4.85. The summed E-state index contributed by atoms with van der Waals surface area (Å²) in [6, 6.07) is 18.9. The van der Waals surface area contributed by atoms with Crippen LogP contribution in [-0.4, -0.2) is 23.9 Å². The van der Waals surface area contributed by atoms with Crippen molar-refractivity contribution in [3.8, 4) is 23.3 Å². The summed E-state index contributed by atoms with van der Waals surface area (Å²) in [5, 5.41) is 9.53. The summed E-state index contributed by atoms with van der Waals surface area (Å²) in [6.45, 7) is 3.98. The number of nitrogens with zero attached hydrogens (tertiary/aromatic N) is 3. The number of thiazole rings is 1. The second-order valence-electron chi connectivity index (χ2n) is 9.69. The highest BCUT2D eigenvalue weighted by atomic mass is 35.5. The van der Waals surface area contributed by atoms with Gasteiger partial charge in [0, 0.05) is 10.6 Å². The fourth-order valence-electron chi connectivity index (χ4n) is 4.93. The minimum Gasteiger partial charge on any atom is -0.488 e. The van der Waals surface area contributed by atoms with Gasteiger partial charge in [-0.15, -0.1) is 0 Å². The van der Waals surface area contributed by atoms with Crippen LogP contribution < -0.4 is 29.1 Å². The van der Waals surface area contributed by atoms with Crippen LogP contribution in [0.3, 0.4) is 0 Å². The molecular formula is C32H24ClN3O6S. The van der Waals surface area contributed by atoms with Gasteiger partial charge in [-0.2, -0.15) is 5.26 Å². The molecule has 0 radical (unpaired) electrons. The Morgan fingerprint density at radius 2 is 1.95 bits per heavy atom. The van der Waals surface area contributed by atoms with Crippen LogP contribution in [0.15, 0.2) is 81.7 Å². The lowest BCUT2D eigenvalue weighted by molar-refractivity contribution is -0.139. The van der Waals surface area contributed by atoms with Crippen LogP contribution in [0.25, 0.3) is 6.08 Å². The van der Waals surface area contributed by atoms with E-state index >= 15 is 0 Å². The quantitative estimate of drug-likeness (QED) is 0.279. The Morgan fingerprint density at radius 3 is 2.72 bits per heavy atom. The molecule has 3 heterocycles. The fourth-order valence-corrected chi connectivity index (χ4v) is 6.15. The summed E-state index contributed by atoms with van der Waals surface area (Å²) < 4.78 is 24.4. The Labute approximate surface area is 255 Å². The standard InChI is InChI=1S/C32H24ClN3O6S/c1-3-39-31(38)28-18(2)35-32-36(29(28)21-8-10-25-26(13-21)42-17-41-25)30(37)27(43-32)14-22-12-23(33)9-11-24(22)40-16-20-6-4-19(15-34)5-7-20/h4-14,29H,3,16-17H2,1-2H3/b27-14+/t29-/m1/s1. The highest BCUT2D eigenvalue weighted by Gasteiger charge is 2.34. The molecule has 0 aliphatic carbocycles. The molecule has 0 saturated carbocycles. The van der Waals surface area contributed by atoms with Gasteiger partial charge in [-0.25, -0.2) is 9.79 Å². The normalized spacial score (nSPS) is 15.5. The molecule has 3 aromatic carbocycles. The van der Waals surface area contributed by atoms with Crippen molar-refractivity contribution in [2.45, 2.75) is 26.5 Å². The zero-order valence-electron chi connectivity index (χ0n) is 23.1. The monoisotopic (exact) mass is 613 g/mol. The van der Waals surface area contributed by atoms with E-state index in [1.54, 1.807) is 68.5 Å². The summed E-state index contributed by atoms with van der Waals surface area (Å²) in [5.74, 6) is 1.09. The van der Waals surface area contributed by atoms with Crippen LogP contribution in [0, 0.1) is 11.3 Å². The number of halogens is 1. The van der Waals surface area contributed by atoms with Crippen molar-refractivity contribution in [2.75, 3.05) is 13.4 Å². The Kier molecular flexibility index (Phi) is 7.76. The molecule has 0 fully saturated rings. The van der Waals surface area contributed by atoms with Crippen LogP contribution in [0.5, 0.6) is 17.2 Å². The smallest absolute Gasteiger partial charge is 0.338 e. The van der Waals surface area contributed by atoms with E-state index in [1.165, 1.54) is 15.9 Å². The average molecular weight is 614 g/mol. The first kappa shape index (κ1) is 28.3. The predicted octanol–water partition coefficient (Wildman–Crippen LogP) is 4.63.